The summed E-state index contributed by atoms with van der Waals surface area (Å²) in [4.78, 5) is 15.8. The van der Waals surface area contributed by atoms with Crippen molar-refractivity contribution in [3.05, 3.63) is 54.1 Å². The van der Waals surface area contributed by atoms with Gasteiger partial charge in [0.05, 0.1) is 25.0 Å². The minimum absolute atomic E-state index is 0.0639. The Hall–Kier alpha value is -1.75. The van der Waals surface area contributed by atoms with Gasteiger partial charge in [-0.15, -0.1) is 0 Å². The molecule has 2 unspecified atom stereocenters. The predicted molar refractivity (Wildman–Crippen MR) is 97.3 cm³/mol. The monoisotopic (exact) mass is 344 g/mol. The minimum atomic E-state index is -0.310. The average Bonchev–Trinajstić information content (AvgIpc) is 3.16. The van der Waals surface area contributed by atoms with Gasteiger partial charge in [-0.05, 0) is 36.5 Å². The van der Waals surface area contributed by atoms with E-state index in [2.05, 4.69) is 9.55 Å². The van der Waals surface area contributed by atoms with E-state index in [0.29, 0.717) is 11.5 Å². The molecule has 2 atom stereocenters. The third kappa shape index (κ3) is 3.66. The molecule has 4 nitrogen and oxygen atoms in total. The smallest absolute Gasteiger partial charge is 0.337 e. The minimum Gasteiger partial charge on any atom is -0.465 e. The van der Waals surface area contributed by atoms with Crippen LogP contribution in [0.15, 0.2) is 43.0 Å². The van der Waals surface area contributed by atoms with E-state index in [1.807, 2.05) is 43.0 Å². The van der Waals surface area contributed by atoms with Crippen LogP contribution in [0.2, 0.25) is 0 Å². The van der Waals surface area contributed by atoms with Crippen LogP contribution < -0.4 is 0 Å². The number of thiol groups is 1. The number of aromatic nitrogens is 2. The average molecular weight is 344 g/mol. The first-order chi connectivity index (χ1) is 11.7. The van der Waals surface area contributed by atoms with E-state index in [1.165, 1.54) is 39.2 Å². The highest BCUT2D eigenvalue weighted by molar-refractivity contribution is 7.80. The molecule has 1 saturated carbocycles. The lowest BCUT2D eigenvalue weighted by atomic mass is 9.81. The van der Waals surface area contributed by atoms with Crippen LogP contribution in [-0.4, -0.2) is 22.6 Å². The Morgan fingerprint density at radius 1 is 1.25 bits per heavy atom. The number of hydrogen-bond donors (Lipinski definition) is 1. The molecule has 1 heterocycles. The van der Waals surface area contributed by atoms with Gasteiger partial charge in [0.1, 0.15) is 0 Å². The summed E-state index contributed by atoms with van der Waals surface area (Å²) in [7, 11) is 1.40. The molecular formula is C19H24N2O2S. The van der Waals surface area contributed by atoms with Crippen molar-refractivity contribution < 1.29 is 9.53 Å². The fourth-order valence-electron chi connectivity index (χ4n) is 3.72. The van der Waals surface area contributed by atoms with Gasteiger partial charge in [0, 0.05) is 17.6 Å². The van der Waals surface area contributed by atoms with Crippen molar-refractivity contribution in [1.82, 2.24) is 9.55 Å². The van der Waals surface area contributed by atoms with Gasteiger partial charge in [-0.1, -0.05) is 31.4 Å². The van der Waals surface area contributed by atoms with Gasteiger partial charge in [0.25, 0.3) is 0 Å². The Morgan fingerprint density at radius 3 is 2.54 bits per heavy atom. The van der Waals surface area contributed by atoms with Gasteiger partial charge in [-0.25, -0.2) is 9.78 Å². The van der Waals surface area contributed by atoms with E-state index >= 15 is 0 Å². The molecule has 5 heteroatoms. The first-order valence-corrected chi connectivity index (χ1v) is 9.06. The van der Waals surface area contributed by atoms with Crippen molar-refractivity contribution in [2.45, 2.75) is 43.4 Å². The Bertz CT molecular complexity index is 649. The highest BCUT2D eigenvalue weighted by Gasteiger charge is 2.31. The molecule has 128 valence electrons. The van der Waals surface area contributed by atoms with Crippen LogP contribution in [0.25, 0.3) is 0 Å². The molecule has 1 aromatic carbocycles. The molecule has 0 amide bonds. The van der Waals surface area contributed by atoms with Crippen LogP contribution in [0, 0.1) is 5.92 Å². The molecule has 3 rings (SSSR count). The van der Waals surface area contributed by atoms with E-state index in [-0.39, 0.29) is 17.3 Å². The Labute approximate surface area is 148 Å². The first-order valence-electron chi connectivity index (χ1n) is 8.54. The summed E-state index contributed by atoms with van der Waals surface area (Å²) in [5, 5.41) is 0.0639. The SMILES string of the molecule is COC(=O)c1ccc(C(S)C(C2CCCCC2)n2ccnc2)cc1. The maximum absolute atomic E-state index is 11.6. The number of carbonyl (C=O) groups is 1. The van der Waals surface area contributed by atoms with Crippen LogP contribution in [0.1, 0.15) is 59.3 Å². The lowest BCUT2D eigenvalue weighted by Gasteiger charge is -2.35. The number of carbonyl (C=O) groups excluding carboxylic acids is 1. The van der Waals surface area contributed by atoms with Crippen molar-refractivity contribution >= 4 is 18.6 Å². The molecule has 1 aliphatic rings. The summed E-state index contributed by atoms with van der Waals surface area (Å²) < 4.78 is 6.96. The standard InChI is InChI=1S/C19H24N2O2S/c1-23-19(22)16-9-7-15(8-10-16)18(24)17(21-12-11-20-13-21)14-5-3-2-4-6-14/h7-14,17-18,24H,2-6H2,1H3. The van der Waals surface area contributed by atoms with Crippen molar-refractivity contribution in [2.24, 2.45) is 5.92 Å². The Morgan fingerprint density at radius 2 is 1.96 bits per heavy atom. The van der Waals surface area contributed by atoms with Gasteiger partial charge in [0.15, 0.2) is 0 Å². The van der Waals surface area contributed by atoms with E-state index in [1.54, 1.807) is 0 Å². The number of benzene rings is 1. The molecule has 0 aliphatic heterocycles. The molecule has 2 aromatic rings. The van der Waals surface area contributed by atoms with Gasteiger partial charge < -0.3 is 9.30 Å². The number of imidazole rings is 1. The van der Waals surface area contributed by atoms with Crippen molar-refractivity contribution in [3.8, 4) is 0 Å². The Kier molecular flexibility index (Phi) is 5.61. The zero-order valence-corrected chi connectivity index (χ0v) is 14.9. The predicted octanol–water partition coefficient (Wildman–Crippen LogP) is 4.46. The molecule has 1 fully saturated rings. The second-order valence-electron chi connectivity index (χ2n) is 6.46. The van der Waals surface area contributed by atoms with E-state index in [4.69, 9.17) is 17.4 Å². The molecule has 0 N–H and O–H groups in total. The van der Waals surface area contributed by atoms with Crippen molar-refractivity contribution in [1.29, 1.82) is 0 Å². The summed E-state index contributed by atoms with van der Waals surface area (Å²) in [6.07, 6.45) is 12.1. The van der Waals surface area contributed by atoms with Crippen LogP contribution >= 0.6 is 12.6 Å². The zero-order chi connectivity index (χ0) is 16.9. The summed E-state index contributed by atoms with van der Waals surface area (Å²) >= 11 is 4.96. The molecule has 1 aromatic heterocycles. The maximum atomic E-state index is 11.6. The maximum Gasteiger partial charge on any atom is 0.337 e. The summed E-state index contributed by atoms with van der Waals surface area (Å²) in [6, 6.07) is 7.87. The fourth-order valence-corrected chi connectivity index (χ4v) is 4.29. The molecule has 0 spiro atoms. The first kappa shape index (κ1) is 17.1. The van der Waals surface area contributed by atoms with E-state index in [9.17, 15) is 4.79 Å². The fraction of sp³-hybridized carbons (Fsp3) is 0.474. The van der Waals surface area contributed by atoms with Gasteiger partial charge >= 0.3 is 5.97 Å². The molecule has 0 saturated heterocycles. The second kappa shape index (κ2) is 7.88. The normalized spacial score (nSPS) is 18.1. The summed E-state index contributed by atoms with van der Waals surface area (Å²) in [5.41, 5.74) is 1.69. The summed E-state index contributed by atoms with van der Waals surface area (Å²) in [5.74, 6) is 0.298. The lowest BCUT2D eigenvalue weighted by molar-refractivity contribution is 0.0600. The van der Waals surface area contributed by atoms with Crippen LogP contribution in [0.5, 0.6) is 0 Å². The van der Waals surface area contributed by atoms with Crippen molar-refractivity contribution in [3.63, 3.8) is 0 Å². The molecule has 1 aliphatic carbocycles. The number of methoxy groups -OCH3 is 1. The largest absolute Gasteiger partial charge is 0.465 e. The summed E-state index contributed by atoms with van der Waals surface area (Å²) in [6.45, 7) is 0. The number of nitrogens with zero attached hydrogens (tertiary/aromatic N) is 2. The lowest BCUT2D eigenvalue weighted by Crippen LogP contribution is -2.25. The molecule has 0 bridgehead atoms. The van der Waals surface area contributed by atoms with Crippen LogP contribution in [-0.2, 0) is 4.74 Å². The number of ether oxygens (including phenoxy) is 1. The molecule has 0 radical (unpaired) electrons. The van der Waals surface area contributed by atoms with Gasteiger partial charge in [-0.2, -0.15) is 12.6 Å². The number of esters is 1. The van der Waals surface area contributed by atoms with Gasteiger partial charge in [0.2, 0.25) is 0 Å². The third-order valence-corrected chi connectivity index (χ3v) is 5.60. The molecule has 24 heavy (non-hydrogen) atoms. The van der Waals surface area contributed by atoms with E-state index < -0.39 is 0 Å². The topological polar surface area (TPSA) is 44.1 Å². The zero-order valence-electron chi connectivity index (χ0n) is 14.0. The van der Waals surface area contributed by atoms with E-state index in [0.717, 1.165) is 5.56 Å². The number of rotatable bonds is 5. The Balaban J connectivity index is 1.85. The number of hydrogen-bond acceptors (Lipinski definition) is 4. The highest BCUT2D eigenvalue weighted by atomic mass is 32.1. The third-order valence-electron chi connectivity index (χ3n) is 5.00. The van der Waals surface area contributed by atoms with Crippen LogP contribution in [0.4, 0.5) is 0 Å². The van der Waals surface area contributed by atoms with Crippen molar-refractivity contribution in [2.75, 3.05) is 7.11 Å². The quantitative estimate of drug-likeness (QED) is 0.643. The highest BCUT2D eigenvalue weighted by Crippen LogP contribution is 2.43. The second-order valence-corrected chi connectivity index (χ2v) is 7.01. The van der Waals surface area contributed by atoms with Crippen LogP contribution in [0.3, 0.4) is 0 Å². The van der Waals surface area contributed by atoms with Gasteiger partial charge in [-0.3, -0.25) is 0 Å². The molecular weight excluding hydrogens is 320 g/mol.